The quantitative estimate of drug-likeness (QED) is 0.292. The number of rotatable bonds is 14. The third-order valence-corrected chi connectivity index (χ3v) is 3.35. The summed E-state index contributed by atoms with van der Waals surface area (Å²) < 4.78 is 0. The second-order valence-corrected chi connectivity index (χ2v) is 5.53. The summed E-state index contributed by atoms with van der Waals surface area (Å²) in [6.07, 6.45) is 10.4. The molecule has 0 aliphatic heterocycles. The molecule has 0 fully saturated rings. The monoisotopic (exact) mass is 321 g/mol. The van der Waals surface area contributed by atoms with Crippen molar-refractivity contribution >= 4 is 0 Å². The minimum atomic E-state index is 0.482. The van der Waals surface area contributed by atoms with Gasteiger partial charge in [-0.15, -0.1) is 0 Å². The zero-order chi connectivity index (χ0) is 17.5. The molecule has 132 valence electrons. The van der Waals surface area contributed by atoms with Gasteiger partial charge in [-0.1, -0.05) is 39.8 Å². The molecule has 5 nitrogen and oxygen atoms in total. The van der Waals surface area contributed by atoms with E-state index < -0.39 is 0 Å². The molecule has 0 aliphatic carbocycles. The van der Waals surface area contributed by atoms with E-state index >= 15 is 0 Å². The Morgan fingerprint density at radius 2 is 1.78 bits per heavy atom. The largest absolute Gasteiger partial charge is 0.397 e. The van der Waals surface area contributed by atoms with E-state index in [9.17, 15) is 0 Å². The van der Waals surface area contributed by atoms with E-state index in [4.69, 9.17) is 11.5 Å². The van der Waals surface area contributed by atoms with E-state index in [2.05, 4.69) is 42.5 Å². The van der Waals surface area contributed by atoms with E-state index in [1.54, 1.807) is 0 Å². The van der Waals surface area contributed by atoms with Crippen LogP contribution in [0.25, 0.3) is 0 Å². The first-order valence-corrected chi connectivity index (χ1v) is 8.51. The molecule has 0 bridgehead atoms. The van der Waals surface area contributed by atoms with Gasteiger partial charge in [0.1, 0.15) is 0 Å². The fraction of sp³-hybridized carbons (Fsp3) is 0.556. The molecule has 0 saturated carbocycles. The van der Waals surface area contributed by atoms with Gasteiger partial charge < -0.3 is 27.0 Å². The van der Waals surface area contributed by atoms with Crippen molar-refractivity contribution in [3.8, 4) is 0 Å². The van der Waals surface area contributed by atoms with Crippen LogP contribution in [-0.4, -0.2) is 31.1 Å². The van der Waals surface area contributed by atoms with Crippen molar-refractivity contribution in [1.29, 1.82) is 0 Å². The van der Waals surface area contributed by atoms with Crippen LogP contribution in [0.2, 0.25) is 0 Å². The minimum absolute atomic E-state index is 0.482. The lowest BCUT2D eigenvalue weighted by molar-refractivity contribution is 0.341. The van der Waals surface area contributed by atoms with Gasteiger partial charge in [0.2, 0.25) is 0 Å². The number of nitrogens with two attached hydrogens (primary N) is 2. The Morgan fingerprint density at radius 1 is 1.04 bits per heavy atom. The summed E-state index contributed by atoms with van der Waals surface area (Å²) in [4.78, 5) is 2.28. The van der Waals surface area contributed by atoms with Gasteiger partial charge in [0.05, 0.1) is 17.2 Å². The summed E-state index contributed by atoms with van der Waals surface area (Å²) in [6, 6.07) is 0. The Hall–Kier alpha value is -2.04. The second-order valence-electron chi connectivity index (χ2n) is 5.53. The topological polar surface area (TPSA) is 79.3 Å². The van der Waals surface area contributed by atoms with Crippen molar-refractivity contribution in [2.45, 2.75) is 39.5 Å². The summed E-state index contributed by atoms with van der Waals surface area (Å²) >= 11 is 0. The molecule has 0 amide bonds. The highest BCUT2D eigenvalue weighted by Gasteiger charge is 2.07. The molecule has 0 saturated heterocycles. The summed E-state index contributed by atoms with van der Waals surface area (Å²) in [5.41, 5.74) is 13.2. The number of nitrogens with one attached hydrogen (secondary N) is 2. The van der Waals surface area contributed by atoms with Gasteiger partial charge in [-0.05, 0) is 31.2 Å². The van der Waals surface area contributed by atoms with Gasteiger partial charge in [0.25, 0.3) is 0 Å². The fourth-order valence-corrected chi connectivity index (χ4v) is 2.08. The predicted octanol–water partition coefficient (Wildman–Crippen LogP) is 2.37. The van der Waals surface area contributed by atoms with Gasteiger partial charge in [-0.2, -0.15) is 0 Å². The minimum Gasteiger partial charge on any atom is -0.397 e. The number of unbranched alkanes of at least 4 members (excludes halogenated alkanes) is 2. The average molecular weight is 322 g/mol. The van der Waals surface area contributed by atoms with Crippen molar-refractivity contribution in [3.63, 3.8) is 0 Å². The molecule has 0 heterocycles. The molecular formula is C18H35N5. The van der Waals surface area contributed by atoms with Crippen molar-refractivity contribution in [2.75, 3.05) is 26.2 Å². The van der Waals surface area contributed by atoms with Crippen molar-refractivity contribution < 1.29 is 0 Å². The first-order valence-electron chi connectivity index (χ1n) is 8.51. The summed E-state index contributed by atoms with van der Waals surface area (Å²) in [5.74, 6) is 0.482. The zero-order valence-electron chi connectivity index (χ0n) is 14.9. The molecule has 0 aromatic rings. The molecule has 23 heavy (non-hydrogen) atoms. The number of nitrogens with zero attached hydrogens (tertiary/aromatic N) is 1. The van der Waals surface area contributed by atoms with E-state index in [1.807, 2.05) is 18.4 Å². The Bertz CT molecular complexity index is 398. The maximum Gasteiger partial charge on any atom is 0.0886 e. The van der Waals surface area contributed by atoms with Crippen molar-refractivity contribution in [3.05, 3.63) is 48.7 Å². The molecule has 0 spiro atoms. The van der Waals surface area contributed by atoms with E-state index in [0.29, 0.717) is 11.5 Å². The molecule has 0 atom stereocenters. The SMILES string of the molecule is C=C(N)NCCN/C=C/C=C(\N)C(=C)N(CCC)CCCCC. The van der Waals surface area contributed by atoms with Crippen LogP contribution in [0.5, 0.6) is 0 Å². The Balaban J connectivity index is 4.27. The Labute approximate surface area is 142 Å². The van der Waals surface area contributed by atoms with Gasteiger partial charge in [0.15, 0.2) is 0 Å². The highest BCUT2D eigenvalue weighted by atomic mass is 15.1. The number of hydrogen-bond acceptors (Lipinski definition) is 5. The van der Waals surface area contributed by atoms with Crippen LogP contribution in [0, 0.1) is 0 Å². The van der Waals surface area contributed by atoms with E-state index in [0.717, 1.165) is 38.3 Å². The van der Waals surface area contributed by atoms with Crippen LogP contribution >= 0.6 is 0 Å². The molecule has 0 aromatic heterocycles. The number of hydrogen-bond donors (Lipinski definition) is 4. The van der Waals surface area contributed by atoms with Crippen molar-refractivity contribution in [1.82, 2.24) is 15.5 Å². The summed E-state index contributed by atoms with van der Waals surface area (Å²) in [5, 5.41) is 6.09. The average Bonchev–Trinajstić information content (AvgIpc) is 2.52. The lowest BCUT2D eigenvalue weighted by Gasteiger charge is -2.26. The van der Waals surface area contributed by atoms with Crippen LogP contribution in [0.3, 0.4) is 0 Å². The lowest BCUT2D eigenvalue weighted by Crippen LogP contribution is -2.27. The fourth-order valence-electron chi connectivity index (χ4n) is 2.08. The molecule has 5 heteroatoms. The highest BCUT2D eigenvalue weighted by Crippen LogP contribution is 2.11. The van der Waals surface area contributed by atoms with Gasteiger partial charge >= 0.3 is 0 Å². The molecule has 0 rings (SSSR count). The third-order valence-electron chi connectivity index (χ3n) is 3.35. The second kappa shape index (κ2) is 13.6. The van der Waals surface area contributed by atoms with E-state index in [-0.39, 0.29) is 0 Å². The zero-order valence-corrected chi connectivity index (χ0v) is 14.9. The Morgan fingerprint density at radius 3 is 2.39 bits per heavy atom. The molecule has 6 N–H and O–H groups in total. The molecule has 0 unspecified atom stereocenters. The number of allylic oxidation sites excluding steroid dienone is 2. The maximum atomic E-state index is 6.13. The third kappa shape index (κ3) is 11.2. The Kier molecular flexibility index (Phi) is 12.4. The van der Waals surface area contributed by atoms with Gasteiger partial charge in [-0.25, -0.2) is 0 Å². The molecule has 0 aliphatic rings. The molecular weight excluding hydrogens is 286 g/mol. The molecule has 0 radical (unpaired) electrons. The first kappa shape index (κ1) is 21.0. The first-order chi connectivity index (χ1) is 11.0. The van der Waals surface area contributed by atoms with Gasteiger partial charge in [0, 0.05) is 26.2 Å². The predicted molar refractivity (Wildman–Crippen MR) is 101 cm³/mol. The smallest absolute Gasteiger partial charge is 0.0886 e. The maximum absolute atomic E-state index is 6.13. The van der Waals surface area contributed by atoms with Crippen LogP contribution in [0.15, 0.2) is 48.7 Å². The summed E-state index contributed by atoms with van der Waals surface area (Å²) in [7, 11) is 0. The van der Waals surface area contributed by atoms with Crippen LogP contribution in [-0.2, 0) is 0 Å². The van der Waals surface area contributed by atoms with Gasteiger partial charge in [-0.3, -0.25) is 0 Å². The van der Waals surface area contributed by atoms with Crippen molar-refractivity contribution in [2.24, 2.45) is 11.5 Å². The van der Waals surface area contributed by atoms with E-state index in [1.165, 1.54) is 19.3 Å². The van der Waals surface area contributed by atoms with Crippen LogP contribution in [0.1, 0.15) is 39.5 Å². The highest BCUT2D eigenvalue weighted by molar-refractivity contribution is 5.27. The lowest BCUT2D eigenvalue weighted by atomic mass is 10.2. The standard InChI is InChI=1S/C18H35N5/c1-5-7-8-15-23(14-6-2)16(3)18(20)10-9-11-21-12-13-22-17(4)19/h9-11,21-22H,3-8,12-15,19-20H2,1-2H3/b11-9+,18-10-. The molecule has 0 aromatic carbocycles. The van der Waals surface area contributed by atoms with Crippen LogP contribution < -0.4 is 22.1 Å². The summed E-state index contributed by atoms with van der Waals surface area (Å²) in [6.45, 7) is 15.6. The normalized spacial score (nSPS) is 11.5. The van der Waals surface area contributed by atoms with Crippen LogP contribution in [0.4, 0.5) is 0 Å².